The number of nitrogens with zero attached hydrogens (tertiary/aromatic N) is 4. The van der Waals surface area contributed by atoms with E-state index in [0.29, 0.717) is 29.8 Å². The molecule has 0 amide bonds. The fourth-order valence-corrected chi connectivity index (χ4v) is 2.20. The standard InChI is InChI=1S/C13H17N5O3S/c1-8(2)4-5-14-10-13(21-6-9(19)20)11(15-7-16-13)18-12(17-10)22-3/h7H,1,4-6H2,2-3H3,(H,19,20)(H,14,15,16,17,18). The summed E-state index contributed by atoms with van der Waals surface area (Å²) in [6.07, 6.45) is 3.88. The molecule has 0 aromatic carbocycles. The molecule has 8 nitrogen and oxygen atoms in total. The monoisotopic (exact) mass is 323 g/mol. The molecule has 2 heterocycles. The number of thioether (sulfide) groups is 1. The van der Waals surface area contributed by atoms with Gasteiger partial charge in [0, 0.05) is 6.54 Å². The molecule has 0 saturated heterocycles. The number of hydrogen-bond acceptors (Lipinski definition) is 7. The Morgan fingerprint density at radius 2 is 2.41 bits per heavy atom. The number of carboxylic acids is 1. The zero-order valence-electron chi connectivity index (χ0n) is 12.4. The van der Waals surface area contributed by atoms with Gasteiger partial charge in [-0.05, 0) is 19.6 Å². The number of fused-ring (bicyclic) bond motifs is 1. The molecular formula is C13H17N5O3S. The van der Waals surface area contributed by atoms with Gasteiger partial charge in [0.2, 0.25) is 0 Å². The molecule has 0 aliphatic carbocycles. The third kappa shape index (κ3) is 3.42. The van der Waals surface area contributed by atoms with E-state index in [9.17, 15) is 4.79 Å². The summed E-state index contributed by atoms with van der Waals surface area (Å²) in [7, 11) is 0. The molecule has 0 aromatic rings. The maximum Gasteiger partial charge on any atom is 0.329 e. The van der Waals surface area contributed by atoms with Crippen molar-refractivity contribution in [3.05, 3.63) is 12.2 Å². The second-order valence-electron chi connectivity index (χ2n) is 4.71. The van der Waals surface area contributed by atoms with Crippen LogP contribution in [-0.4, -0.2) is 59.4 Å². The highest BCUT2D eigenvalue weighted by atomic mass is 32.2. The largest absolute Gasteiger partial charge is 0.480 e. The highest BCUT2D eigenvalue weighted by Crippen LogP contribution is 2.26. The topological polar surface area (TPSA) is 108 Å². The molecule has 1 unspecified atom stereocenters. The maximum atomic E-state index is 10.8. The zero-order valence-corrected chi connectivity index (χ0v) is 13.2. The number of rotatable bonds is 6. The van der Waals surface area contributed by atoms with Crippen LogP contribution in [0.15, 0.2) is 32.1 Å². The molecule has 2 aliphatic rings. The quantitative estimate of drug-likeness (QED) is 0.706. The lowest BCUT2D eigenvalue weighted by Gasteiger charge is -2.31. The smallest absolute Gasteiger partial charge is 0.329 e. The molecule has 1 atom stereocenters. The van der Waals surface area contributed by atoms with Gasteiger partial charge in [-0.15, -0.1) is 6.58 Å². The van der Waals surface area contributed by atoms with E-state index in [1.807, 2.05) is 13.2 Å². The highest BCUT2D eigenvalue weighted by molar-refractivity contribution is 8.13. The fraction of sp³-hybridized carbons (Fsp3) is 0.462. The van der Waals surface area contributed by atoms with Gasteiger partial charge in [0.1, 0.15) is 12.9 Å². The molecule has 22 heavy (non-hydrogen) atoms. The molecule has 2 rings (SSSR count). The Morgan fingerprint density at radius 1 is 1.64 bits per heavy atom. The minimum absolute atomic E-state index is 0.297. The lowest BCUT2D eigenvalue weighted by Crippen LogP contribution is -2.56. The van der Waals surface area contributed by atoms with Gasteiger partial charge in [0.25, 0.3) is 5.72 Å². The Labute approximate surface area is 132 Å². The molecule has 2 N–H and O–H groups in total. The van der Waals surface area contributed by atoms with Crippen molar-refractivity contribution in [2.45, 2.75) is 19.1 Å². The minimum atomic E-state index is -1.40. The SMILES string of the molecule is C=C(C)CCN=C1N=C(SC)NC2=NC=NC12OCC(=O)O. The van der Waals surface area contributed by atoms with Crippen molar-refractivity contribution >= 4 is 40.9 Å². The first-order valence-corrected chi connectivity index (χ1v) is 7.77. The van der Waals surface area contributed by atoms with E-state index in [1.165, 1.54) is 18.1 Å². The number of hydrogen-bond donors (Lipinski definition) is 2. The van der Waals surface area contributed by atoms with Crippen LogP contribution in [0.1, 0.15) is 13.3 Å². The van der Waals surface area contributed by atoms with Crippen molar-refractivity contribution in [1.29, 1.82) is 0 Å². The summed E-state index contributed by atoms with van der Waals surface area (Å²) in [6, 6.07) is 0. The molecule has 0 bridgehead atoms. The van der Waals surface area contributed by atoms with Gasteiger partial charge in [0.05, 0.1) is 0 Å². The third-order valence-electron chi connectivity index (χ3n) is 2.88. The van der Waals surface area contributed by atoms with E-state index in [1.54, 1.807) is 0 Å². The van der Waals surface area contributed by atoms with Crippen LogP contribution in [0.4, 0.5) is 0 Å². The summed E-state index contributed by atoms with van der Waals surface area (Å²) < 4.78 is 5.46. The van der Waals surface area contributed by atoms with Crippen molar-refractivity contribution < 1.29 is 14.6 Å². The minimum Gasteiger partial charge on any atom is -0.480 e. The molecule has 9 heteroatoms. The zero-order chi connectivity index (χ0) is 16.2. The average Bonchev–Trinajstić information content (AvgIpc) is 2.88. The lowest BCUT2D eigenvalue weighted by atomic mass is 10.1. The van der Waals surface area contributed by atoms with Crippen LogP contribution in [0.2, 0.25) is 0 Å². The van der Waals surface area contributed by atoms with Gasteiger partial charge in [0.15, 0.2) is 16.8 Å². The molecule has 0 radical (unpaired) electrons. The van der Waals surface area contributed by atoms with Crippen molar-refractivity contribution in [3.63, 3.8) is 0 Å². The van der Waals surface area contributed by atoms with E-state index in [-0.39, 0.29) is 0 Å². The van der Waals surface area contributed by atoms with Crippen LogP contribution in [0, 0.1) is 0 Å². The number of carboxylic acid groups (broad SMARTS) is 1. The Hall–Kier alpha value is -2.00. The number of carbonyl (C=O) groups is 1. The van der Waals surface area contributed by atoms with Gasteiger partial charge >= 0.3 is 5.97 Å². The molecular weight excluding hydrogens is 306 g/mol. The summed E-state index contributed by atoms with van der Waals surface area (Å²) in [6.45, 7) is 5.68. The Balaban J connectivity index is 2.33. The van der Waals surface area contributed by atoms with Gasteiger partial charge in [-0.1, -0.05) is 17.3 Å². The second-order valence-corrected chi connectivity index (χ2v) is 5.50. The number of amidine groups is 3. The summed E-state index contributed by atoms with van der Waals surface area (Å²) in [4.78, 5) is 27.9. The fourth-order valence-electron chi connectivity index (χ4n) is 1.83. The van der Waals surface area contributed by atoms with E-state index in [2.05, 4.69) is 31.9 Å². The van der Waals surface area contributed by atoms with E-state index < -0.39 is 18.3 Å². The van der Waals surface area contributed by atoms with Gasteiger partial charge in [-0.3, -0.25) is 4.99 Å². The highest BCUT2D eigenvalue weighted by Gasteiger charge is 2.48. The predicted molar refractivity (Wildman–Crippen MR) is 88.1 cm³/mol. The lowest BCUT2D eigenvalue weighted by molar-refractivity contribution is -0.144. The van der Waals surface area contributed by atoms with Crippen LogP contribution >= 0.6 is 11.8 Å². The number of aliphatic imine (C=N–C) groups is 4. The molecule has 2 aliphatic heterocycles. The normalized spacial score (nSPS) is 24.5. The second kappa shape index (κ2) is 6.84. The number of ether oxygens (including phenoxy) is 1. The molecule has 0 saturated carbocycles. The van der Waals surface area contributed by atoms with Crippen molar-refractivity contribution in [3.8, 4) is 0 Å². The first-order valence-electron chi connectivity index (χ1n) is 6.54. The van der Waals surface area contributed by atoms with Gasteiger partial charge in [-0.25, -0.2) is 19.8 Å². The van der Waals surface area contributed by atoms with Crippen LogP contribution in [-0.2, 0) is 9.53 Å². The van der Waals surface area contributed by atoms with Crippen LogP contribution < -0.4 is 5.32 Å². The summed E-state index contributed by atoms with van der Waals surface area (Å²) in [5, 5.41) is 12.5. The first kappa shape index (κ1) is 16.4. The van der Waals surface area contributed by atoms with Crippen molar-refractivity contribution in [1.82, 2.24) is 5.32 Å². The molecule has 0 fully saturated rings. The Bertz CT molecular complexity index is 611. The Kier molecular flexibility index (Phi) is 5.09. The van der Waals surface area contributed by atoms with E-state index in [0.717, 1.165) is 5.57 Å². The van der Waals surface area contributed by atoms with Gasteiger partial charge in [-0.2, -0.15) is 0 Å². The number of nitrogens with one attached hydrogen (secondary N) is 1. The van der Waals surface area contributed by atoms with E-state index in [4.69, 9.17) is 9.84 Å². The third-order valence-corrected chi connectivity index (χ3v) is 3.46. The molecule has 118 valence electrons. The molecule has 0 aromatic heterocycles. The first-order chi connectivity index (χ1) is 10.5. The van der Waals surface area contributed by atoms with Crippen LogP contribution in [0.25, 0.3) is 0 Å². The van der Waals surface area contributed by atoms with E-state index >= 15 is 0 Å². The van der Waals surface area contributed by atoms with Crippen LogP contribution in [0.3, 0.4) is 0 Å². The maximum absolute atomic E-state index is 10.8. The van der Waals surface area contributed by atoms with Crippen molar-refractivity contribution in [2.75, 3.05) is 19.4 Å². The summed E-state index contributed by atoms with van der Waals surface area (Å²) in [5.74, 6) is -0.426. The summed E-state index contributed by atoms with van der Waals surface area (Å²) in [5.41, 5.74) is -0.399. The van der Waals surface area contributed by atoms with Crippen molar-refractivity contribution in [2.24, 2.45) is 20.0 Å². The molecule has 0 spiro atoms. The predicted octanol–water partition coefficient (Wildman–Crippen LogP) is 0.911. The summed E-state index contributed by atoms with van der Waals surface area (Å²) >= 11 is 1.39. The van der Waals surface area contributed by atoms with Gasteiger partial charge < -0.3 is 15.2 Å². The Morgan fingerprint density at radius 3 is 3.05 bits per heavy atom. The average molecular weight is 323 g/mol. The number of aliphatic carboxylic acids is 1. The van der Waals surface area contributed by atoms with Crippen LogP contribution in [0.5, 0.6) is 0 Å².